The molecule has 1 aromatic carbocycles. The highest BCUT2D eigenvalue weighted by Crippen LogP contribution is 2.27. The van der Waals surface area contributed by atoms with Gasteiger partial charge in [-0.1, -0.05) is 18.2 Å². The smallest absolute Gasteiger partial charge is 0.252 e. The molecule has 1 saturated heterocycles. The third-order valence-corrected chi connectivity index (χ3v) is 4.88. The van der Waals surface area contributed by atoms with Gasteiger partial charge in [0, 0.05) is 37.3 Å². The molecule has 0 amide bonds. The molecule has 1 aliphatic heterocycles. The molecule has 2 aromatic heterocycles. The summed E-state index contributed by atoms with van der Waals surface area (Å²) in [6.07, 6.45) is 5.53. The predicted molar refractivity (Wildman–Crippen MR) is 96.3 cm³/mol. The number of hydrogen-bond acceptors (Lipinski definition) is 4. The molecule has 4 rings (SSSR count). The summed E-state index contributed by atoms with van der Waals surface area (Å²) in [6, 6.07) is 10.1. The summed E-state index contributed by atoms with van der Waals surface area (Å²) in [5.74, 6) is 0. The van der Waals surface area contributed by atoms with E-state index in [2.05, 4.69) is 15.3 Å². The molecule has 3 aromatic rings. The van der Waals surface area contributed by atoms with Crippen molar-refractivity contribution in [3.05, 3.63) is 64.5 Å². The molecule has 2 atom stereocenters. The topological polar surface area (TPSA) is 71.9 Å². The quantitative estimate of drug-likeness (QED) is 0.765. The highest BCUT2D eigenvalue weighted by atomic mass is 16.5. The van der Waals surface area contributed by atoms with Crippen LogP contribution < -0.4 is 10.9 Å². The van der Waals surface area contributed by atoms with Gasteiger partial charge in [0.1, 0.15) is 6.10 Å². The lowest BCUT2D eigenvalue weighted by atomic mass is 10.0. The first-order valence-corrected chi connectivity index (χ1v) is 8.63. The minimum absolute atomic E-state index is 0.0264. The second-order valence-electron chi connectivity index (χ2n) is 6.60. The Hall–Kier alpha value is -2.44. The summed E-state index contributed by atoms with van der Waals surface area (Å²) >= 11 is 0. The Morgan fingerprint density at radius 2 is 2.28 bits per heavy atom. The van der Waals surface area contributed by atoms with Gasteiger partial charge in [0.2, 0.25) is 0 Å². The first-order valence-electron chi connectivity index (χ1n) is 8.63. The Bertz CT molecular complexity index is 930. The van der Waals surface area contributed by atoms with Gasteiger partial charge < -0.3 is 19.6 Å². The second-order valence-corrected chi connectivity index (χ2v) is 6.60. The Morgan fingerprint density at radius 1 is 1.40 bits per heavy atom. The van der Waals surface area contributed by atoms with Crippen LogP contribution in [-0.2, 0) is 18.3 Å². The largest absolute Gasteiger partial charge is 0.372 e. The molecule has 2 unspecified atom stereocenters. The summed E-state index contributed by atoms with van der Waals surface area (Å²) < 4.78 is 7.90. The van der Waals surface area contributed by atoms with E-state index >= 15 is 0 Å². The van der Waals surface area contributed by atoms with Crippen molar-refractivity contribution in [2.45, 2.75) is 31.5 Å². The number of aromatic amines is 1. The number of ether oxygens (including phenoxy) is 1. The van der Waals surface area contributed by atoms with Crippen LogP contribution in [0.5, 0.6) is 0 Å². The van der Waals surface area contributed by atoms with E-state index in [1.807, 2.05) is 48.1 Å². The summed E-state index contributed by atoms with van der Waals surface area (Å²) in [7, 11) is 1.98. The fraction of sp³-hybridized carbons (Fsp3) is 0.368. The van der Waals surface area contributed by atoms with Crippen LogP contribution in [0, 0.1) is 0 Å². The molecule has 0 spiro atoms. The molecular formula is C19H22N4O2. The van der Waals surface area contributed by atoms with Crippen molar-refractivity contribution >= 4 is 10.9 Å². The van der Waals surface area contributed by atoms with E-state index in [1.54, 1.807) is 6.33 Å². The Labute approximate surface area is 145 Å². The lowest BCUT2D eigenvalue weighted by Gasteiger charge is -2.30. The lowest BCUT2D eigenvalue weighted by molar-refractivity contribution is -0.00405. The zero-order valence-corrected chi connectivity index (χ0v) is 14.2. The number of fused-ring (bicyclic) bond motifs is 1. The number of imidazole rings is 1. The molecule has 3 heterocycles. The minimum Gasteiger partial charge on any atom is -0.372 e. The van der Waals surface area contributed by atoms with Crippen molar-refractivity contribution in [1.29, 1.82) is 0 Å². The molecule has 130 valence electrons. The van der Waals surface area contributed by atoms with E-state index in [0.717, 1.165) is 35.0 Å². The highest BCUT2D eigenvalue weighted by molar-refractivity contribution is 5.78. The number of hydrogen-bond donors (Lipinski definition) is 2. The van der Waals surface area contributed by atoms with Crippen molar-refractivity contribution < 1.29 is 4.74 Å². The van der Waals surface area contributed by atoms with Gasteiger partial charge in [0.15, 0.2) is 0 Å². The van der Waals surface area contributed by atoms with Crippen LogP contribution in [0.3, 0.4) is 0 Å². The predicted octanol–water partition coefficient (Wildman–Crippen LogP) is 2.27. The van der Waals surface area contributed by atoms with Gasteiger partial charge >= 0.3 is 0 Å². The fourth-order valence-electron chi connectivity index (χ4n) is 3.44. The van der Waals surface area contributed by atoms with Gasteiger partial charge in [0.25, 0.3) is 5.56 Å². The van der Waals surface area contributed by atoms with Gasteiger partial charge in [-0.15, -0.1) is 0 Å². The fourth-order valence-corrected chi connectivity index (χ4v) is 3.44. The number of H-pyrrole nitrogens is 1. The van der Waals surface area contributed by atoms with Gasteiger partial charge in [-0.25, -0.2) is 4.98 Å². The molecule has 25 heavy (non-hydrogen) atoms. The normalized spacial score (nSPS) is 20.8. The van der Waals surface area contributed by atoms with E-state index in [9.17, 15) is 4.79 Å². The molecule has 0 bridgehead atoms. The molecule has 1 aliphatic rings. The average molecular weight is 338 g/mol. The Balaban J connectivity index is 1.45. The number of pyridine rings is 1. The SMILES string of the molecule is Cn1cncc1C1CC(NCc2cc3ccccc3[nH]c2=O)CCO1. The maximum Gasteiger partial charge on any atom is 0.252 e. The lowest BCUT2D eigenvalue weighted by Crippen LogP contribution is -2.37. The summed E-state index contributed by atoms with van der Waals surface area (Å²) in [4.78, 5) is 19.4. The zero-order valence-electron chi connectivity index (χ0n) is 14.2. The number of rotatable bonds is 4. The van der Waals surface area contributed by atoms with Crippen LogP contribution in [0.25, 0.3) is 10.9 Å². The van der Waals surface area contributed by atoms with Gasteiger partial charge in [0.05, 0.1) is 18.2 Å². The number of aromatic nitrogens is 3. The first kappa shape index (κ1) is 16.1. The van der Waals surface area contributed by atoms with Crippen molar-refractivity contribution in [3.8, 4) is 0 Å². The Kier molecular flexibility index (Phi) is 4.38. The number of nitrogens with one attached hydrogen (secondary N) is 2. The molecule has 6 heteroatoms. The third kappa shape index (κ3) is 3.36. The van der Waals surface area contributed by atoms with Crippen LogP contribution in [-0.4, -0.2) is 27.2 Å². The zero-order chi connectivity index (χ0) is 17.2. The molecule has 6 nitrogen and oxygen atoms in total. The maximum absolute atomic E-state index is 12.3. The van der Waals surface area contributed by atoms with Gasteiger partial charge in [-0.05, 0) is 30.4 Å². The van der Waals surface area contributed by atoms with Crippen LogP contribution in [0.2, 0.25) is 0 Å². The molecule has 1 fully saturated rings. The first-order chi connectivity index (χ1) is 12.2. The van der Waals surface area contributed by atoms with E-state index in [0.29, 0.717) is 19.2 Å². The molecule has 0 saturated carbocycles. The van der Waals surface area contributed by atoms with Gasteiger partial charge in [-0.3, -0.25) is 4.79 Å². The van der Waals surface area contributed by atoms with Crippen LogP contribution >= 0.6 is 0 Å². The second kappa shape index (κ2) is 6.82. The summed E-state index contributed by atoms with van der Waals surface area (Å²) in [5, 5.41) is 4.58. The highest BCUT2D eigenvalue weighted by Gasteiger charge is 2.25. The van der Waals surface area contributed by atoms with Crippen molar-refractivity contribution in [3.63, 3.8) is 0 Å². The summed E-state index contributed by atoms with van der Waals surface area (Å²) in [6.45, 7) is 1.27. The van der Waals surface area contributed by atoms with Crippen molar-refractivity contribution in [2.75, 3.05) is 6.61 Å². The molecule has 0 aliphatic carbocycles. The molecular weight excluding hydrogens is 316 g/mol. The van der Waals surface area contributed by atoms with E-state index in [4.69, 9.17) is 4.74 Å². The Morgan fingerprint density at radius 3 is 3.12 bits per heavy atom. The van der Waals surface area contributed by atoms with Crippen LogP contribution in [0.15, 0.2) is 47.7 Å². The van der Waals surface area contributed by atoms with E-state index < -0.39 is 0 Å². The van der Waals surface area contributed by atoms with E-state index in [-0.39, 0.29) is 11.7 Å². The van der Waals surface area contributed by atoms with Crippen molar-refractivity contribution in [1.82, 2.24) is 19.9 Å². The monoisotopic (exact) mass is 338 g/mol. The number of aryl methyl sites for hydroxylation is 1. The standard InChI is InChI=1S/C19H22N4O2/c1-23-12-20-11-17(23)18-9-15(6-7-25-18)21-10-14-8-13-4-2-3-5-16(13)22-19(14)24/h2-5,8,11-12,15,18,21H,6-7,9-10H2,1H3,(H,22,24). The molecule has 0 radical (unpaired) electrons. The number of nitrogens with zero attached hydrogens (tertiary/aromatic N) is 2. The average Bonchev–Trinajstić information content (AvgIpc) is 3.06. The van der Waals surface area contributed by atoms with Crippen LogP contribution in [0.1, 0.15) is 30.2 Å². The number of benzene rings is 1. The molecule has 2 N–H and O–H groups in total. The number of para-hydroxylation sites is 1. The summed E-state index contributed by atoms with van der Waals surface area (Å²) in [5.41, 5.74) is 2.71. The maximum atomic E-state index is 12.3. The third-order valence-electron chi connectivity index (χ3n) is 4.88. The van der Waals surface area contributed by atoms with Gasteiger partial charge in [-0.2, -0.15) is 0 Å². The van der Waals surface area contributed by atoms with E-state index in [1.165, 1.54) is 0 Å². The van der Waals surface area contributed by atoms with Crippen LogP contribution in [0.4, 0.5) is 0 Å². The van der Waals surface area contributed by atoms with Crippen molar-refractivity contribution in [2.24, 2.45) is 7.05 Å². The minimum atomic E-state index is -0.0264.